The number of thioether (sulfide) groups is 1. The summed E-state index contributed by atoms with van der Waals surface area (Å²) in [7, 11) is 0. The van der Waals surface area contributed by atoms with E-state index >= 15 is 0 Å². The van der Waals surface area contributed by atoms with E-state index in [1.165, 1.54) is 17.8 Å². The number of hydrogen-bond donors (Lipinski definition) is 2. The molecule has 0 radical (unpaired) electrons. The second kappa shape index (κ2) is 13.5. The Morgan fingerprint density at radius 1 is 0.744 bits per heavy atom. The predicted octanol–water partition coefficient (Wildman–Crippen LogP) is 8.03. The minimum absolute atomic E-state index is 0.0000817. The maximum absolute atomic E-state index is 13.2. The summed E-state index contributed by atoms with van der Waals surface area (Å²) in [5.41, 5.74) is 2.01. The first-order valence-electron chi connectivity index (χ1n) is 11.6. The summed E-state index contributed by atoms with van der Waals surface area (Å²) in [4.78, 5) is 39.3. The van der Waals surface area contributed by atoms with Gasteiger partial charge in [0.05, 0.1) is 5.75 Å². The molecule has 0 aliphatic heterocycles. The maximum atomic E-state index is 13.2. The van der Waals surface area contributed by atoms with E-state index < -0.39 is 11.8 Å². The van der Waals surface area contributed by atoms with Crippen LogP contribution in [0.3, 0.4) is 0 Å². The van der Waals surface area contributed by atoms with Crippen LogP contribution in [0.2, 0.25) is 15.1 Å². The smallest absolute Gasteiger partial charge is 0.272 e. The van der Waals surface area contributed by atoms with Gasteiger partial charge in [0.25, 0.3) is 11.8 Å². The van der Waals surface area contributed by atoms with Crippen molar-refractivity contribution < 1.29 is 14.4 Å². The number of carbonyl (C=O) groups excluding carboxylic acids is 3. The van der Waals surface area contributed by atoms with E-state index in [0.29, 0.717) is 37.4 Å². The normalized spacial score (nSPS) is 11.1. The number of Topliss-reactive ketones (excluding diaryl/α,β-unsaturated/α-hetero) is 1. The van der Waals surface area contributed by atoms with Gasteiger partial charge in [0, 0.05) is 36.8 Å². The lowest BCUT2D eigenvalue weighted by atomic mass is 10.1. The number of hydrogen-bond acceptors (Lipinski definition) is 4. The third-order valence-corrected chi connectivity index (χ3v) is 7.27. The second-order valence-electron chi connectivity index (χ2n) is 8.24. The molecule has 4 aromatic carbocycles. The van der Waals surface area contributed by atoms with Crippen LogP contribution in [0.25, 0.3) is 6.08 Å². The number of carbonyl (C=O) groups is 3. The van der Waals surface area contributed by atoms with Gasteiger partial charge in [-0.15, -0.1) is 11.8 Å². The zero-order chi connectivity index (χ0) is 27.8. The minimum atomic E-state index is -0.538. The summed E-state index contributed by atoms with van der Waals surface area (Å²) in [5, 5.41) is 6.82. The standard InChI is InChI=1S/C30H21Cl3N2O3S/c31-22-9-6-19(7-10-22)28(36)18-39-25-14-12-24(13-15-25)34-30(38)27(16-21-8-11-23(32)17-26(21)33)35-29(37)20-4-2-1-3-5-20/h1-17H,18H2,(H,34,38)(H,35,37)/b27-16-. The van der Waals surface area contributed by atoms with Crippen molar-refractivity contribution in [3.05, 3.63) is 135 Å². The molecule has 0 bridgehead atoms. The lowest BCUT2D eigenvalue weighted by molar-refractivity contribution is -0.113. The molecule has 2 amide bonds. The van der Waals surface area contributed by atoms with Gasteiger partial charge in [-0.2, -0.15) is 0 Å². The van der Waals surface area contributed by atoms with Crippen LogP contribution in [-0.2, 0) is 4.79 Å². The van der Waals surface area contributed by atoms with E-state index in [9.17, 15) is 14.4 Å². The lowest BCUT2D eigenvalue weighted by Crippen LogP contribution is -2.30. The van der Waals surface area contributed by atoms with Crippen LogP contribution in [-0.4, -0.2) is 23.4 Å². The van der Waals surface area contributed by atoms with Gasteiger partial charge in [-0.1, -0.05) is 59.1 Å². The number of rotatable bonds is 9. The Kier molecular flexibility index (Phi) is 9.85. The highest BCUT2D eigenvalue weighted by Crippen LogP contribution is 2.25. The molecular formula is C30H21Cl3N2O3S. The van der Waals surface area contributed by atoms with Gasteiger partial charge >= 0.3 is 0 Å². The summed E-state index contributed by atoms with van der Waals surface area (Å²) < 4.78 is 0. The van der Waals surface area contributed by atoms with Crippen LogP contribution < -0.4 is 10.6 Å². The molecule has 0 atom stereocenters. The van der Waals surface area contributed by atoms with Crippen molar-refractivity contribution in [2.24, 2.45) is 0 Å². The largest absolute Gasteiger partial charge is 0.321 e. The summed E-state index contributed by atoms with van der Waals surface area (Å²) in [6, 6.07) is 27.2. The SMILES string of the molecule is O=C(Nc1ccc(SCC(=O)c2ccc(Cl)cc2)cc1)/C(=C/c1ccc(Cl)cc1Cl)NC(=O)c1ccccc1. The van der Waals surface area contributed by atoms with Crippen molar-refractivity contribution in [1.82, 2.24) is 5.32 Å². The molecule has 0 fully saturated rings. The molecule has 0 aromatic heterocycles. The van der Waals surface area contributed by atoms with Gasteiger partial charge in [0.1, 0.15) is 5.70 Å². The zero-order valence-electron chi connectivity index (χ0n) is 20.3. The molecule has 5 nitrogen and oxygen atoms in total. The van der Waals surface area contributed by atoms with E-state index in [4.69, 9.17) is 34.8 Å². The molecule has 0 spiro atoms. The van der Waals surface area contributed by atoms with E-state index in [-0.39, 0.29) is 17.2 Å². The highest BCUT2D eigenvalue weighted by molar-refractivity contribution is 8.00. The fourth-order valence-electron chi connectivity index (χ4n) is 3.42. The molecule has 0 aliphatic rings. The third-order valence-electron chi connectivity index (χ3n) is 5.44. The molecule has 2 N–H and O–H groups in total. The second-order valence-corrected chi connectivity index (χ2v) is 10.6. The summed E-state index contributed by atoms with van der Waals surface area (Å²) >= 11 is 19.6. The summed E-state index contributed by atoms with van der Waals surface area (Å²) in [5.74, 6) is -0.741. The topological polar surface area (TPSA) is 75.3 Å². The van der Waals surface area contributed by atoms with Crippen LogP contribution in [0.5, 0.6) is 0 Å². The zero-order valence-corrected chi connectivity index (χ0v) is 23.4. The number of amides is 2. The van der Waals surface area contributed by atoms with Gasteiger partial charge < -0.3 is 10.6 Å². The van der Waals surface area contributed by atoms with Crippen molar-refractivity contribution in [2.75, 3.05) is 11.1 Å². The molecule has 4 aromatic rings. The van der Waals surface area contributed by atoms with E-state index in [1.807, 2.05) is 0 Å². The molecule has 39 heavy (non-hydrogen) atoms. The molecule has 4 rings (SSSR count). The fourth-order valence-corrected chi connectivity index (χ4v) is 4.80. The first-order valence-corrected chi connectivity index (χ1v) is 13.8. The number of ketones is 1. The third kappa shape index (κ3) is 8.22. The lowest BCUT2D eigenvalue weighted by Gasteiger charge is -2.12. The van der Waals surface area contributed by atoms with Crippen molar-refractivity contribution in [2.45, 2.75) is 4.90 Å². The quantitative estimate of drug-likeness (QED) is 0.117. The Balaban J connectivity index is 1.46. The van der Waals surface area contributed by atoms with Gasteiger partial charge in [-0.25, -0.2) is 0 Å². The van der Waals surface area contributed by atoms with Crippen molar-refractivity contribution >= 4 is 75.9 Å². The number of nitrogens with one attached hydrogen (secondary N) is 2. The molecule has 0 aliphatic carbocycles. The van der Waals surface area contributed by atoms with E-state index in [1.54, 1.807) is 97.1 Å². The minimum Gasteiger partial charge on any atom is -0.321 e. The van der Waals surface area contributed by atoms with Gasteiger partial charge in [0.2, 0.25) is 0 Å². The molecular weight excluding hydrogens is 575 g/mol. The number of anilines is 1. The van der Waals surface area contributed by atoms with Gasteiger partial charge in [0.15, 0.2) is 5.78 Å². The number of halogens is 3. The van der Waals surface area contributed by atoms with E-state index in [0.717, 1.165) is 4.90 Å². The Labute approximate surface area is 245 Å². The van der Waals surface area contributed by atoms with Crippen LogP contribution in [0.4, 0.5) is 5.69 Å². The number of benzene rings is 4. The first-order chi connectivity index (χ1) is 18.8. The maximum Gasteiger partial charge on any atom is 0.272 e. The van der Waals surface area contributed by atoms with Crippen LogP contribution in [0.1, 0.15) is 26.3 Å². The van der Waals surface area contributed by atoms with Crippen molar-refractivity contribution in [1.29, 1.82) is 0 Å². The molecule has 0 saturated carbocycles. The predicted molar refractivity (Wildman–Crippen MR) is 160 cm³/mol. The average molecular weight is 596 g/mol. The van der Waals surface area contributed by atoms with Crippen molar-refractivity contribution in [3.8, 4) is 0 Å². The Hall–Kier alpha value is -3.55. The Morgan fingerprint density at radius 2 is 1.41 bits per heavy atom. The molecule has 196 valence electrons. The Morgan fingerprint density at radius 3 is 2.08 bits per heavy atom. The summed E-state index contributed by atoms with van der Waals surface area (Å²) in [6.45, 7) is 0. The van der Waals surface area contributed by atoms with E-state index in [2.05, 4.69) is 10.6 Å². The highest BCUT2D eigenvalue weighted by Gasteiger charge is 2.16. The van der Waals surface area contributed by atoms with Gasteiger partial charge in [-0.05, 0) is 84.4 Å². The first kappa shape index (κ1) is 28.5. The van der Waals surface area contributed by atoms with Crippen LogP contribution >= 0.6 is 46.6 Å². The summed E-state index contributed by atoms with van der Waals surface area (Å²) in [6.07, 6.45) is 1.49. The molecule has 0 saturated heterocycles. The van der Waals surface area contributed by atoms with Crippen molar-refractivity contribution in [3.63, 3.8) is 0 Å². The highest BCUT2D eigenvalue weighted by atomic mass is 35.5. The Bertz CT molecular complexity index is 1520. The fraction of sp³-hybridized carbons (Fsp3) is 0.0333. The van der Waals surface area contributed by atoms with Crippen LogP contribution in [0, 0.1) is 0 Å². The molecule has 9 heteroatoms. The molecule has 0 heterocycles. The monoisotopic (exact) mass is 594 g/mol. The average Bonchev–Trinajstić information content (AvgIpc) is 2.94. The molecule has 0 unspecified atom stereocenters. The van der Waals surface area contributed by atoms with Crippen LogP contribution in [0.15, 0.2) is 108 Å². The van der Waals surface area contributed by atoms with Gasteiger partial charge in [-0.3, -0.25) is 14.4 Å².